The highest BCUT2D eigenvalue weighted by molar-refractivity contribution is 7.91. The fourth-order valence-electron chi connectivity index (χ4n) is 3.55. The minimum atomic E-state index is -1.44. The summed E-state index contributed by atoms with van der Waals surface area (Å²) >= 11 is -1.44. The Bertz CT molecular complexity index is 1110. The summed E-state index contributed by atoms with van der Waals surface area (Å²) in [6.07, 6.45) is 1.81. The second-order valence-electron chi connectivity index (χ2n) is 6.82. The molecule has 3 heterocycles. The normalized spacial score (nSPS) is 15.6. The Morgan fingerprint density at radius 2 is 1.79 bits per heavy atom. The highest BCUT2D eigenvalue weighted by atomic mass is 32.2. The first-order chi connectivity index (χ1) is 14.3. The zero-order valence-corrected chi connectivity index (χ0v) is 16.6. The molecule has 6 nitrogen and oxygen atoms in total. The van der Waals surface area contributed by atoms with Gasteiger partial charge >= 0.3 is 5.16 Å². The summed E-state index contributed by atoms with van der Waals surface area (Å²) in [5.41, 5.74) is 4.43. The van der Waals surface area contributed by atoms with Crippen LogP contribution in [0.3, 0.4) is 0 Å². The molecule has 4 aromatic rings. The van der Waals surface area contributed by atoms with Gasteiger partial charge in [-0.05, 0) is 36.4 Å². The molecule has 1 unspecified atom stereocenters. The number of aromatic amines is 1. The van der Waals surface area contributed by atoms with Gasteiger partial charge in [0, 0.05) is 25.0 Å². The van der Waals surface area contributed by atoms with Gasteiger partial charge < -0.3 is 14.2 Å². The SMILES string of the molecule is [O-][S+](c1nc2ccccc2[nH]1)c1ccccc1-c1cc(N2CCOCC2)ccn1. The van der Waals surface area contributed by atoms with Gasteiger partial charge in [-0.3, -0.25) is 9.97 Å². The van der Waals surface area contributed by atoms with Crippen LogP contribution in [0.1, 0.15) is 0 Å². The first-order valence-electron chi connectivity index (χ1n) is 9.54. The smallest absolute Gasteiger partial charge is 0.327 e. The first-order valence-corrected chi connectivity index (χ1v) is 10.7. The molecular weight excluding hydrogens is 384 g/mol. The minimum Gasteiger partial charge on any atom is -0.604 e. The van der Waals surface area contributed by atoms with Gasteiger partial charge in [-0.2, -0.15) is 4.98 Å². The summed E-state index contributed by atoms with van der Waals surface area (Å²) in [5, 5.41) is 0.447. The second-order valence-corrected chi connectivity index (χ2v) is 8.19. The summed E-state index contributed by atoms with van der Waals surface area (Å²) < 4.78 is 18.8. The number of morpholine rings is 1. The van der Waals surface area contributed by atoms with E-state index in [1.807, 2.05) is 54.6 Å². The first kappa shape index (κ1) is 18.2. The number of nitrogens with zero attached hydrogens (tertiary/aromatic N) is 3. The number of nitrogens with one attached hydrogen (secondary N) is 1. The van der Waals surface area contributed by atoms with E-state index in [4.69, 9.17) is 4.74 Å². The number of hydrogen-bond acceptors (Lipinski definition) is 5. The number of H-pyrrole nitrogens is 1. The van der Waals surface area contributed by atoms with Crippen LogP contribution >= 0.6 is 0 Å². The van der Waals surface area contributed by atoms with Crippen LogP contribution in [0.4, 0.5) is 5.69 Å². The lowest BCUT2D eigenvalue weighted by Crippen LogP contribution is -2.36. The third-order valence-corrected chi connectivity index (χ3v) is 6.33. The summed E-state index contributed by atoms with van der Waals surface area (Å²) in [6, 6.07) is 19.4. The highest BCUT2D eigenvalue weighted by Crippen LogP contribution is 2.32. The zero-order valence-electron chi connectivity index (χ0n) is 15.7. The Morgan fingerprint density at radius 1 is 1.00 bits per heavy atom. The molecule has 7 heteroatoms. The van der Waals surface area contributed by atoms with Gasteiger partial charge in [-0.1, -0.05) is 24.3 Å². The summed E-state index contributed by atoms with van der Waals surface area (Å²) in [6.45, 7) is 3.17. The van der Waals surface area contributed by atoms with Crippen molar-refractivity contribution in [2.45, 2.75) is 10.1 Å². The zero-order chi connectivity index (χ0) is 19.6. The van der Waals surface area contributed by atoms with E-state index in [9.17, 15) is 4.55 Å². The third kappa shape index (κ3) is 3.60. The molecule has 1 atom stereocenters. The monoisotopic (exact) mass is 404 g/mol. The molecular formula is C22H20N4O2S. The average Bonchev–Trinajstić information content (AvgIpc) is 3.24. The molecule has 0 radical (unpaired) electrons. The van der Waals surface area contributed by atoms with E-state index >= 15 is 0 Å². The maximum atomic E-state index is 13.4. The molecule has 1 fully saturated rings. The van der Waals surface area contributed by atoms with Crippen LogP contribution in [0.5, 0.6) is 0 Å². The predicted octanol–water partition coefficient (Wildman–Crippen LogP) is 3.63. The van der Waals surface area contributed by atoms with Gasteiger partial charge in [0.05, 0.1) is 46.7 Å². The fourth-order valence-corrected chi connectivity index (χ4v) is 4.71. The molecule has 1 N–H and O–H groups in total. The van der Waals surface area contributed by atoms with Crippen LogP contribution in [-0.4, -0.2) is 45.8 Å². The van der Waals surface area contributed by atoms with Gasteiger partial charge in [-0.15, -0.1) is 0 Å². The van der Waals surface area contributed by atoms with Gasteiger partial charge in [0.1, 0.15) is 0 Å². The van der Waals surface area contributed by atoms with Gasteiger partial charge in [0.15, 0.2) is 4.90 Å². The fraction of sp³-hybridized carbons (Fsp3) is 0.182. The second kappa shape index (κ2) is 7.87. The van der Waals surface area contributed by atoms with Crippen LogP contribution in [-0.2, 0) is 15.9 Å². The molecule has 29 heavy (non-hydrogen) atoms. The summed E-state index contributed by atoms with van der Waals surface area (Å²) in [7, 11) is 0. The Morgan fingerprint density at radius 3 is 2.66 bits per heavy atom. The van der Waals surface area contributed by atoms with Crippen molar-refractivity contribution in [1.82, 2.24) is 15.0 Å². The standard InChI is InChI=1S/C22H20N4O2S/c27-29(22-24-18-6-2-3-7-19(18)25-22)21-8-4-1-5-17(21)20-15-16(9-10-23-20)26-11-13-28-14-12-26/h1-10,15H,11-14H2,(H,24,25). The van der Waals surface area contributed by atoms with Crippen LogP contribution < -0.4 is 4.90 Å². The Hall–Kier alpha value is -2.87. The summed E-state index contributed by atoms with van der Waals surface area (Å²) in [4.78, 5) is 15.2. The lowest BCUT2D eigenvalue weighted by Gasteiger charge is -2.29. The van der Waals surface area contributed by atoms with Crippen molar-refractivity contribution in [3.8, 4) is 11.3 Å². The van der Waals surface area contributed by atoms with E-state index in [2.05, 4.69) is 25.9 Å². The number of fused-ring (bicyclic) bond motifs is 1. The maximum absolute atomic E-state index is 13.4. The number of rotatable bonds is 4. The summed E-state index contributed by atoms with van der Waals surface area (Å²) in [5.74, 6) is 0. The third-order valence-electron chi connectivity index (χ3n) is 5.03. The van der Waals surface area contributed by atoms with Crippen molar-refractivity contribution < 1.29 is 9.29 Å². The number of anilines is 1. The molecule has 2 aromatic carbocycles. The van der Waals surface area contributed by atoms with Gasteiger partial charge in [0.2, 0.25) is 0 Å². The molecule has 1 aliphatic rings. The molecule has 0 bridgehead atoms. The Kier molecular flexibility index (Phi) is 4.93. The van der Waals surface area contributed by atoms with Crippen molar-refractivity contribution in [3.63, 3.8) is 0 Å². The Labute approximate surface area is 171 Å². The molecule has 1 saturated heterocycles. The van der Waals surface area contributed by atoms with Crippen LogP contribution in [0.2, 0.25) is 0 Å². The van der Waals surface area contributed by atoms with Crippen LogP contribution in [0, 0.1) is 0 Å². The minimum absolute atomic E-state index is 0.447. The van der Waals surface area contributed by atoms with Gasteiger partial charge in [0.25, 0.3) is 0 Å². The molecule has 0 spiro atoms. The highest BCUT2D eigenvalue weighted by Gasteiger charge is 2.24. The average molecular weight is 404 g/mol. The largest absolute Gasteiger partial charge is 0.604 e. The number of pyridine rings is 1. The molecule has 0 aliphatic carbocycles. The van der Waals surface area contributed by atoms with E-state index in [-0.39, 0.29) is 0 Å². The Balaban J connectivity index is 1.52. The lowest BCUT2D eigenvalue weighted by atomic mass is 10.1. The number of imidazole rings is 1. The number of hydrogen-bond donors (Lipinski definition) is 1. The molecule has 0 amide bonds. The number of benzene rings is 2. The molecule has 146 valence electrons. The lowest BCUT2D eigenvalue weighted by molar-refractivity contribution is 0.122. The molecule has 0 saturated carbocycles. The van der Waals surface area contributed by atoms with Crippen LogP contribution in [0.15, 0.2) is 76.9 Å². The van der Waals surface area contributed by atoms with E-state index < -0.39 is 11.2 Å². The quantitative estimate of drug-likeness (QED) is 0.526. The van der Waals surface area contributed by atoms with E-state index in [0.717, 1.165) is 54.3 Å². The van der Waals surface area contributed by atoms with E-state index in [1.54, 1.807) is 6.20 Å². The van der Waals surface area contributed by atoms with Gasteiger partial charge in [-0.25, -0.2) is 0 Å². The number of aromatic nitrogens is 3. The number of para-hydroxylation sites is 2. The number of ether oxygens (including phenoxy) is 1. The molecule has 1 aliphatic heterocycles. The molecule has 2 aromatic heterocycles. The van der Waals surface area contributed by atoms with Crippen molar-refractivity contribution >= 4 is 27.9 Å². The van der Waals surface area contributed by atoms with Crippen molar-refractivity contribution in [3.05, 3.63) is 66.9 Å². The predicted molar refractivity (Wildman–Crippen MR) is 113 cm³/mol. The topological polar surface area (TPSA) is 77.1 Å². The van der Waals surface area contributed by atoms with Crippen molar-refractivity contribution in [2.24, 2.45) is 0 Å². The van der Waals surface area contributed by atoms with E-state index in [1.165, 1.54) is 0 Å². The van der Waals surface area contributed by atoms with Crippen molar-refractivity contribution in [2.75, 3.05) is 31.2 Å². The maximum Gasteiger partial charge on any atom is 0.327 e. The van der Waals surface area contributed by atoms with E-state index in [0.29, 0.717) is 10.1 Å². The van der Waals surface area contributed by atoms with Crippen molar-refractivity contribution in [1.29, 1.82) is 0 Å². The molecule has 5 rings (SSSR count). The van der Waals surface area contributed by atoms with Crippen LogP contribution in [0.25, 0.3) is 22.3 Å².